The van der Waals surface area contributed by atoms with Crippen LogP contribution in [0.4, 0.5) is 0 Å². The van der Waals surface area contributed by atoms with Crippen LogP contribution < -0.4 is 9.47 Å². The topological polar surface area (TPSA) is 86.7 Å². The van der Waals surface area contributed by atoms with Crippen LogP contribution in [0.3, 0.4) is 0 Å². The molecule has 282 valence electrons. The zero-order valence-corrected chi connectivity index (χ0v) is 33.3. The molecule has 0 aliphatic heterocycles. The number of rotatable bonds is 17. The van der Waals surface area contributed by atoms with Gasteiger partial charge in [0.05, 0.1) is 0 Å². The lowest BCUT2D eigenvalue weighted by atomic mass is 9.65. The number of allylic oxidation sites excluding steroid dienone is 4. The van der Waals surface area contributed by atoms with Gasteiger partial charge in [0.15, 0.2) is 11.6 Å². The minimum absolute atomic E-state index is 0.0283. The molecule has 6 nitrogen and oxygen atoms in total. The van der Waals surface area contributed by atoms with Gasteiger partial charge in [-0.15, -0.1) is 0 Å². The molecular formula is C46H62O6. The Labute approximate surface area is 312 Å². The highest BCUT2D eigenvalue weighted by atomic mass is 16.5. The molecule has 4 rings (SSSR count). The van der Waals surface area contributed by atoms with Crippen molar-refractivity contribution >= 4 is 23.1 Å². The fourth-order valence-electron chi connectivity index (χ4n) is 8.50. The first-order valence-corrected chi connectivity index (χ1v) is 19.4. The molecule has 0 spiro atoms. The molecule has 0 heterocycles. The average molecular weight is 711 g/mol. The van der Waals surface area contributed by atoms with E-state index in [1.54, 1.807) is 48.5 Å². The normalized spacial score (nSPS) is 21.8. The zero-order chi connectivity index (χ0) is 38.4. The van der Waals surface area contributed by atoms with E-state index >= 15 is 0 Å². The highest BCUT2D eigenvalue weighted by Crippen LogP contribution is 2.44. The summed E-state index contributed by atoms with van der Waals surface area (Å²) in [6, 6.07) is 14.3. The SMILES string of the molecule is CC1=CCCC(C)(C)C1C(=O)CC(C)C(C)C(=O)c1ccc(OCCOc2ccc(C(=O)C(C)C(C)CC(=O)C3C(C)=CCCC3(C)C)cc2)cc1. The van der Waals surface area contributed by atoms with Gasteiger partial charge in [0, 0.05) is 47.6 Å². The number of ketones is 4. The third kappa shape index (κ3) is 9.99. The third-order valence-corrected chi connectivity index (χ3v) is 12.1. The van der Waals surface area contributed by atoms with Crippen molar-refractivity contribution in [3.05, 3.63) is 83.0 Å². The molecule has 0 saturated heterocycles. The summed E-state index contributed by atoms with van der Waals surface area (Å²) in [6.07, 6.45) is 9.20. The van der Waals surface area contributed by atoms with Gasteiger partial charge in [0.25, 0.3) is 0 Å². The Hall–Kier alpha value is -3.80. The minimum atomic E-state index is -0.279. The fraction of sp³-hybridized carbons (Fsp3) is 0.565. The van der Waals surface area contributed by atoms with Crippen molar-refractivity contribution in [2.24, 2.45) is 46.3 Å². The molecule has 2 aliphatic rings. The van der Waals surface area contributed by atoms with E-state index in [1.165, 1.54) is 0 Å². The molecular weight excluding hydrogens is 648 g/mol. The van der Waals surface area contributed by atoms with Crippen LogP contribution in [0.1, 0.15) is 128 Å². The predicted molar refractivity (Wildman–Crippen MR) is 209 cm³/mol. The molecule has 2 aromatic rings. The monoisotopic (exact) mass is 710 g/mol. The number of hydrogen-bond acceptors (Lipinski definition) is 6. The van der Waals surface area contributed by atoms with Crippen LogP contribution in [0.5, 0.6) is 11.5 Å². The van der Waals surface area contributed by atoms with E-state index in [2.05, 4.69) is 53.7 Å². The lowest BCUT2D eigenvalue weighted by Crippen LogP contribution is -2.36. The van der Waals surface area contributed by atoms with Crippen LogP contribution in [-0.4, -0.2) is 36.3 Å². The van der Waals surface area contributed by atoms with Crippen LogP contribution in [0.2, 0.25) is 0 Å². The molecule has 6 unspecified atom stereocenters. The molecule has 0 amide bonds. The van der Waals surface area contributed by atoms with Crippen molar-refractivity contribution in [1.82, 2.24) is 0 Å². The second kappa shape index (κ2) is 17.4. The highest BCUT2D eigenvalue weighted by Gasteiger charge is 2.40. The molecule has 0 aromatic heterocycles. The second-order valence-electron chi connectivity index (χ2n) is 17.2. The highest BCUT2D eigenvalue weighted by molar-refractivity contribution is 5.99. The lowest BCUT2D eigenvalue weighted by molar-refractivity contribution is -0.127. The number of hydrogen-bond donors (Lipinski definition) is 0. The van der Waals surface area contributed by atoms with Crippen LogP contribution >= 0.6 is 0 Å². The molecule has 6 heteroatoms. The van der Waals surface area contributed by atoms with E-state index in [1.807, 2.05) is 27.7 Å². The number of benzene rings is 2. The van der Waals surface area contributed by atoms with Gasteiger partial charge in [-0.3, -0.25) is 19.2 Å². The number of carbonyl (C=O) groups excluding carboxylic acids is 4. The van der Waals surface area contributed by atoms with E-state index in [4.69, 9.17) is 9.47 Å². The molecule has 0 N–H and O–H groups in total. The van der Waals surface area contributed by atoms with Gasteiger partial charge in [-0.25, -0.2) is 0 Å². The minimum Gasteiger partial charge on any atom is -0.490 e. The molecule has 52 heavy (non-hydrogen) atoms. The summed E-state index contributed by atoms with van der Waals surface area (Å²) in [5.41, 5.74) is 3.42. The van der Waals surface area contributed by atoms with E-state index in [0.29, 0.717) is 48.7 Å². The van der Waals surface area contributed by atoms with Crippen LogP contribution in [-0.2, 0) is 9.59 Å². The van der Waals surface area contributed by atoms with Crippen molar-refractivity contribution in [3.63, 3.8) is 0 Å². The summed E-state index contributed by atoms with van der Waals surface area (Å²) in [5, 5.41) is 0. The predicted octanol–water partition coefficient (Wildman–Crippen LogP) is 10.7. The lowest BCUT2D eigenvalue weighted by Gasteiger charge is -2.38. The van der Waals surface area contributed by atoms with E-state index in [0.717, 1.165) is 36.8 Å². The Balaban J connectivity index is 1.21. The molecule has 0 fully saturated rings. The van der Waals surface area contributed by atoms with Crippen LogP contribution in [0, 0.1) is 46.3 Å². The first kappa shape index (κ1) is 41.0. The van der Waals surface area contributed by atoms with E-state index in [9.17, 15) is 19.2 Å². The maximum Gasteiger partial charge on any atom is 0.165 e. The summed E-state index contributed by atoms with van der Waals surface area (Å²) in [4.78, 5) is 53.3. The Morgan fingerprint density at radius 2 is 0.923 bits per heavy atom. The molecule has 0 saturated carbocycles. The van der Waals surface area contributed by atoms with Crippen LogP contribution in [0.15, 0.2) is 71.8 Å². The maximum absolute atomic E-state index is 13.3. The van der Waals surface area contributed by atoms with E-state index < -0.39 is 0 Å². The van der Waals surface area contributed by atoms with Crippen LogP contribution in [0.25, 0.3) is 0 Å². The van der Waals surface area contributed by atoms with E-state index in [-0.39, 0.29) is 69.5 Å². The van der Waals surface area contributed by atoms with Crippen molar-refractivity contribution in [2.75, 3.05) is 13.2 Å². The Morgan fingerprint density at radius 3 is 1.23 bits per heavy atom. The van der Waals surface area contributed by atoms with Crippen molar-refractivity contribution in [3.8, 4) is 11.5 Å². The number of carbonyl (C=O) groups is 4. The third-order valence-electron chi connectivity index (χ3n) is 12.1. The van der Waals surface area contributed by atoms with Gasteiger partial charge in [-0.05, 0) is 111 Å². The fourth-order valence-corrected chi connectivity index (χ4v) is 8.50. The molecule has 2 aliphatic carbocycles. The van der Waals surface area contributed by atoms with Gasteiger partial charge < -0.3 is 9.47 Å². The Bertz CT molecular complexity index is 1520. The first-order valence-electron chi connectivity index (χ1n) is 19.4. The van der Waals surface area contributed by atoms with Crippen molar-refractivity contribution in [1.29, 1.82) is 0 Å². The van der Waals surface area contributed by atoms with Gasteiger partial charge in [0.2, 0.25) is 0 Å². The number of ether oxygens (including phenoxy) is 2. The standard InChI is InChI=1S/C46H62O6/c1-29-13-11-23-45(7,8)41(29)39(47)27-31(3)33(5)43(49)35-15-19-37(20-16-35)51-25-26-52-38-21-17-36(18-22-38)44(50)34(6)32(4)28-40(48)42-30(2)14-12-24-46(42,9)10/h13-22,31-34,41-42H,11-12,23-28H2,1-10H3. The van der Waals surface area contributed by atoms with Gasteiger partial charge in [0.1, 0.15) is 36.3 Å². The van der Waals surface area contributed by atoms with Crippen molar-refractivity contribution in [2.45, 2.75) is 108 Å². The van der Waals surface area contributed by atoms with Gasteiger partial charge in [-0.1, -0.05) is 78.7 Å². The molecule has 2 aromatic carbocycles. The summed E-state index contributed by atoms with van der Waals surface area (Å²) >= 11 is 0. The molecule has 0 bridgehead atoms. The van der Waals surface area contributed by atoms with Gasteiger partial charge in [-0.2, -0.15) is 0 Å². The summed E-state index contributed by atoms with van der Waals surface area (Å²) in [7, 11) is 0. The zero-order valence-electron chi connectivity index (χ0n) is 33.3. The Morgan fingerprint density at radius 1 is 0.596 bits per heavy atom. The smallest absolute Gasteiger partial charge is 0.165 e. The summed E-state index contributed by atoms with van der Waals surface area (Å²) in [6.45, 7) is 21.3. The Kier molecular flexibility index (Phi) is 13.7. The quantitative estimate of drug-likeness (QED) is 0.0923. The average Bonchev–Trinajstić information content (AvgIpc) is 3.08. The summed E-state index contributed by atoms with van der Waals surface area (Å²) < 4.78 is 11.7. The van der Waals surface area contributed by atoms with Crippen molar-refractivity contribution < 1.29 is 28.7 Å². The first-order chi connectivity index (χ1) is 24.4. The summed E-state index contributed by atoms with van der Waals surface area (Å²) in [5.74, 6) is 0.957. The second-order valence-corrected chi connectivity index (χ2v) is 17.2. The van der Waals surface area contributed by atoms with Gasteiger partial charge >= 0.3 is 0 Å². The maximum atomic E-state index is 13.3. The molecule has 6 atom stereocenters. The molecule has 0 radical (unpaired) electrons. The largest absolute Gasteiger partial charge is 0.490 e. The number of Topliss-reactive ketones (excluding diaryl/α,β-unsaturated/α-hetero) is 4.